The fraction of sp³-hybridized carbons (Fsp3) is 0.400. The van der Waals surface area contributed by atoms with Crippen molar-refractivity contribution in [1.29, 1.82) is 0 Å². The molecule has 0 radical (unpaired) electrons. The third-order valence-corrected chi connectivity index (χ3v) is 7.26. The van der Waals surface area contributed by atoms with Gasteiger partial charge in [0.05, 0.1) is 5.56 Å². The third-order valence-electron chi connectivity index (χ3n) is 7.26. The highest BCUT2D eigenvalue weighted by molar-refractivity contribution is 5.70. The fourth-order valence-electron chi connectivity index (χ4n) is 5.19. The van der Waals surface area contributed by atoms with Gasteiger partial charge in [-0.05, 0) is 79.0 Å². The van der Waals surface area contributed by atoms with E-state index in [-0.39, 0.29) is 17.0 Å². The molecule has 7 heteroatoms. The second-order valence-electron chi connectivity index (χ2n) is 9.82. The van der Waals surface area contributed by atoms with Crippen LogP contribution in [0.3, 0.4) is 0 Å². The van der Waals surface area contributed by atoms with Crippen molar-refractivity contribution >= 4 is 0 Å². The molecule has 0 heterocycles. The van der Waals surface area contributed by atoms with Gasteiger partial charge in [0.25, 0.3) is 0 Å². The Kier molecular flexibility index (Phi) is 8.50. The van der Waals surface area contributed by atoms with Gasteiger partial charge in [-0.3, -0.25) is 0 Å². The number of halogens is 6. The zero-order chi connectivity index (χ0) is 26.6. The van der Waals surface area contributed by atoms with Gasteiger partial charge in [0.15, 0.2) is 17.5 Å². The molecule has 1 aliphatic carbocycles. The second kappa shape index (κ2) is 11.6. The maximum Gasteiger partial charge on any atom is 0.429 e. The molecule has 1 fully saturated rings. The van der Waals surface area contributed by atoms with Crippen LogP contribution >= 0.6 is 0 Å². The van der Waals surface area contributed by atoms with Crippen LogP contribution in [0.25, 0.3) is 11.1 Å². The van der Waals surface area contributed by atoms with Gasteiger partial charge in [0, 0.05) is 5.56 Å². The number of hydrogen-bond acceptors (Lipinski definition) is 1. The summed E-state index contributed by atoms with van der Waals surface area (Å²) >= 11 is 0. The molecule has 0 spiro atoms. The maximum absolute atomic E-state index is 15.1. The Labute approximate surface area is 213 Å². The van der Waals surface area contributed by atoms with Crippen molar-refractivity contribution < 1.29 is 31.1 Å². The minimum absolute atomic E-state index is 0.0901. The zero-order valence-electron chi connectivity index (χ0n) is 20.7. The first-order chi connectivity index (χ1) is 17.7. The molecule has 3 aromatic rings. The highest BCUT2D eigenvalue weighted by atomic mass is 19.3. The molecule has 198 valence electrons. The normalized spacial score (nSPS) is 18.1. The van der Waals surface area contributed by atoms with E-state index in [2.05, 4.69) is 6.92 Å². The predicted molar refractivity (Wildman–Crippen MR) is 132 cm³/mol. The number of ether oxygens (including phenoxy) is 1. The van der Waals surface area contributed by atoms with Crippen molar-refractivity contribution in [2.45, 2.75) is 70.3 Å². The topological polar surface area (TPSA) is 9.23 Å². The minimum atomic E-state index is -4.06. The average molecular weight is 521 g/mol. The summed E-state index contributed by atoms with van der Waals surface area (Å²) in [6.07, 6.45) is 4.69. The highest BCUT2D eigenvalue weighted by Gasteiger charge is 2.39. The quantitative estimate of drug-likeness (QED) is 0.155. The lowest BCUT2D eigenvalue weighted by molar-refractivity contribution is -0.187. The highest BCUT2D eigenvalue weighted by Crippen LogP contribution is 2.41. The summed E-state index contributed by atoms with van der Waals surface area (Å²) in [4.78, 5) is 0. The summed E-state index contributed by atoms with van der Waals surface area (Å²) in [5.41, 5.74) is -0.519. The van der Waals surface area contributed by atoms with Gasteiger partial charge in [-0.1, -0.05) is 56.9 Å². The zero-order valence-corrected chi connectivity index (χ0v) is 20.7. The largest absolute Gasteiger partial charge is 0.429 e. The Hall–Kier alpha value is -2.96. The first-order valence-electron chi connectivity index (χ1n) is 12.8. The predicted octanol–water partition coefficient (Wildman–Crippen LogP) is 9.89. The number of rotatable bonds is 9. The molecule has 0 N–H and O–H groups in total. The Morgan fingerprint density at radius 2 is 1.49 bits per heavy atom. The van der Waals surface area contributed by atoms with Crippen LogP contribution < -0.4 is 4.74 Å². The van der Waals surface area contributed by atoms with Gasteiger partial charge in [0.2, 0.25) is 0 Å². The van der Waals surface area contributed by atoms with E-state index < -0.39 is 40.7 Å². The van der Waals surface area contributed by atoms with Crippen LogP contribution in [0, 0.1) is 29.2 Å². The SMILES string of the molecule is CCCCC[C@H]1CC[C@H](c2ccc(C(F)(F)Oc3ccccc3-c3cc(F)c(F)c(F)c3)c(F)c2)CC1. The molecule has 0 aromatic heterocycles. The average Bonchev–Trinajstić information content (AvgIpc) is 2.87. The number of benzene rings is 3. The Balaban J connectivity index is 1.50. The molecule has 4 rings (SSSR count). The third kappa shape index (κ3) is 6.31. The van der Waals surface area contributed by atoms with Crippen molar-refractivity contribution in [3.05, 3.63) is 89.0 Å². The molecule has 1 saturated carbocycles. The van der Waals surface area contributed by atoms with Gasteiger partial charge in [-0.2, -0.15) is 8.78 Å². The molecule has 0 saturated heterocycles. The molecule has 0 unspecified atom stereocenters. The fourth-order valence-corrected chi connectivity index (χ4v) is 5.19. The molecule has 3 aromatic carbocycles. The van der Waals surface area contributed by atoms with Crippen molar-refractivity contribution in [2.24, 2.45) is 5.92 Å². The number of hydrogen-bond donors (Lipinski definition) is 0. The lowest BCUT2D eigenvalue weighted by atomic mass is 9.77. The molecule has 0 amide bonds. The van der Waals surface area contributed by atoms with Gasteiger partial charge < -0.3 is 4.74 Å². The van der Waals surface area contributed by atoms with Crippen LogP contribution in [-0.2, 0) is 6.11 Å². The van der Waals surface area contributed by atoms with E-state index in [0.717, 1.165) is 37.8 Å². The van der Waals surface area contributed by atoms with E-state index in [0.29, 0.717) is 23.6 Å². The number of para-hydroxylation sites is 1. The van der Waals surface area contributed by atoms with Gasteiger partial charge in [-0.15, -0.1) is 0 Å². The summed E-state index contributed by atoms with van der Waals surface area (Å²) < 4.78 is 91.0. The molecular weight excluding hydrogens is 490 g/mol. The minimum Gasteiger partial charge on any atom is -0.428 e. The molecular formula is C30H30F6O. The van der Waals surface area contributed by atoms with Crippen LogP contribution in [0.5, 0.6) is 5.75 Å². The molecule has 37 heavy (non-hydrogen) atoms. The van der Waals surface area contributed by atoms with Crippen LogP contribution in [0.4, 0.5) is 26.3 Å². The summed E-state index contributed by atoms with van der Waals surface area (Å²) in [7, 11) is 0. The van der Waals surface area contributed by atoms with Gasteiger partial charge in [0.1, 0.15) is 11.6 Å². The van der Waals surface area contributed by atoms with E-state index in [9.17, 15) is 17.6 Å². The van der Waals surface area contributed by atoms with Crippen LogP contribution in [0.15, 0.2) is 54.6 Å². The summed E-state index contributed by atoms with van der Waals surface area (Å²) in [6.45, 7) is 2.18. The summed E-state index contributed by atoms with van der Waals surface area (Å²) in [6, 6.07) is 10.4. The smallest absolute Gasteiger partial charge is 0.428 e. The van der Waals surface area contributed by atoms with Crippen molar-refractivity contribution in [2.75, 3.05) is 0 Å². The Morgan fingerprint density at radius 3 is 2.14 bits per heavy atom. The van der Waals surface area contributed by atoms with E-state index in [1.807, 2.05) is 0 Å². The number of alkyl halides is 2. The monoisotopic (exact) mass is 520 g/mol. The lowest BCUT2D eigenvalue weighted by Gasteiger charge is -2.29. The van der Waals surface area contributed by atoms with Crippen molar-refractivity contribution in [3.63, 3.8) is 0 Å². The maximum atomic E-state index is 15.1. The van der Waals surface area contributed by atoms with E-state index in [1.54, 1.807) is 0 Å². The standard InChI is InChI=1S/C30H30F6O/c1-2-3-4-7-19-10-12-20(13-11-19)21-14-15-24(25(31)16-21)30(35,36)37-28-9-6-5-8-23(28)22-17-26(32)29(34)27(33)18-22/h5-6,8-9,14-20H,2-4,7,10-13H2,1H3/t19-,20-. The second-order valence-corrected chi connectivity index (χ2v) is 9.82. The molecule has 1 nitrogen and oxygen atoms in total. The van der Waals surface area contributed by atoms with Gasteiger partial charge >= 0.3 is 6.11 Å². The van der Waals surface area contributed by atoms with Crippen molar-refractivity contribution in [1.82, 2.24) is 0 Å². The van der Waals surface area contributed by atoms with E-state index in [4.69, 9.17) is 4.74 Å². The lowest BCUT2D eigenvalue weighted by Crippen LogP contribution is -2.24. The number of unbranched alkanes of at least 4 members (excludes halogenated alkanes) is 2. The van der Waals surface area contributed by atoms with Crippen LogP contribution in [-0.4, -0.2) is 0 Å². The Morgan fingerprint density at radius 1 is 0.811 bits per heavy atom. The molecule has 0 aliphatic heterocycles. The Bertz CT molecular complexity index is 1190. The van der Waals surface area contributed by atoms with Gasteiger partial charge in [-0.25, -0.2) is 17.6 Å². The van der Waals surface area contributed by atoms with Crippen molar-refractivity contribution in [3.8, 4) is 16.9 Å². The molecule has 1 aliphatic rings. The first kappa shape index (κ1) is 27.1. The summed E-state index contributed by atoms with van der Waals surface area (Å²) in [5.74, 6) is -5.30. The first-order valence-corrected chi connectivity index (χ1v) is 12.8. The summed E-state index contributed by atoms with van der Waals surface area (Å²) in [5, 5.41) is 0. The van der Waals surface area contributed by atoms with E-state index in [1.165, 1.54) is 56.0 Å². The van der Waals surface area contributed by atoms with E-state index >= 15 is 8.78 Å². The van der Waals surface area contributed by atoms with Crippen LogP contribution in [0.1, 0.15) is 75.3 Å². The molecule has 0 atom stereocenters. The molecule has 0 bridgehead atoms. The van der Waals surface area contributed by atoms with Crippen LogP contribution in [0.2, 0.25) is 0 Å².